The van der Waals surface area contributed by atoms with Gasteiger partial charge in [0.1, 0.15) is 0 Å². The van der Waals surface area contributed by atoms with Gasteiger partial charge >= 0.3 is 0 Å². The fourth-order valence-electron chi connectivity index (χ4n) is 4.25. The first-order valence-corrected chi connectivity index (χ1v) is 9.23. The zero-order valence-electron chi connectivity index (χ0n) is 13.9. The van der Waals surface area contributed by atoms with Crippen LogP contribution in [0.15, 0.2) is 30.3 Å². The number of aliphatic hydroxyl groups excluding tert-OH is 1. The zero-order valence-corrected chi connectivity index (χ0v) is 13.9. The Balaban J connectivity index is 1.41. The van der Waals surface area contributed by atoms with Gasteiger partial charge in [-0.2, -0.15) is 0 Å². The molecule has 0 saturated heterocycles. The van der Waals surface area contributed by atoms with E-state index in [-0.39, 0.29) is 17.9 Å². The van der Waals surface area contributed by atoms with E-state index in [1.165, 1.54) is 5.56 Å². The van der Waals surface area contributed by atoms with E-state index in [0.29, 0.717) is 11.8 Å². The molecule has 3 nitrogen and oxygen atoms in total. The quantitative estimate of drug-likeness (QED) is 0.891. The summed E-state index contributed by atoms with van der Waals surface area (Å²) < 4.78 is 0. The van der Waals surface area contributed by atoms with Crippen molar-refractivity contribution >= 4 is 5.91 Å². The molecule has 2 N–H and O–H groups in total. The van der Waals surface area contributed by atoms with Crippen LogP contribution in [0.3, 0.4) is 0 Å². The molecule has 23 heavy (non-hydrogen) atoms. The molecule has 0 aliphatic heterocycles. The van der Waals surface area contributed by atoms with Gasteiger partial charge in [-0.3, -0.25) is 4.79 Å². The molecule has 3 heteroatoms. The van der Waals surface area contributed by atoms with Gasteiger partial charge in [0, 0.05) is 12.5 Å². The number of nitrogens with one attached hydrogen (secondary N) is 1. The van der Waals surface area contributed by atoms with E-state index in [4.69, 9.17) is 0 Å². The zero-order chi connectivity index (χ0) is 16.1. The van der Waals surface area contributed by atoms with E-state index in [9.17, 15) is 9.90 Å². The summed E-state index contributed by atoms with van der Waals surface area (Å²) in [6.45, 7) is 0.745. The number of aliphatic hydroxyl groups is 1. The summed E-state index contributed by atoms with van der Waals surface area (Å²) >= 11 is 0. The Hall–Kier alpha value is -1.35. The molecule has 1 aromatic carbocycles. The first-order valence-electron chi connectivity index (χ1n) is 9.23. The third-order valence-corrected chi connectivity index (χ3v) is 5.69. The van der Waals surface area contributed by atoms with Crippen LogP contribution in [0.5, 0.6) is 0 Å². The second kappa shape index (κ2) is 7.96. The number of hydrogen-bond acceptors (Lipinski definition) is 2. The lowest BCUT2D eigenvalue weighted by Crippen LogP contribution is -2.37. The van der Waals surface area contributed by atoms with Gasteiger partial charge in [-0.15, -0.1) is 0 Å². The minimum Gasteiger partial charge on any atom is -0.393 e. The van der Waals surface area contributed by atoms with Crippen molar-refractivity contribution in [3.63, 3.8) is 0 Å². The molecule has 0 radical (unpaired) electrons. The monoisotopic (exact) mass is 315 g/mol. The van der Waals surface area contributed by atoms with Crippen LogP contribution in [0.1, 0.15) is 62.8 Å². The van der Waals surface area contributed by atoms with Gasteiger partial charge < -0.3 is 10.4 Å². The fraction of sp³-hybridized carbons (Fsp3) is 0.650. The molecule has 1 aromatic rings. The van der Waals surface area contributed by atoms with E-state index >= 15 is 0 Å². The Morgan fingerprint density at radius 2 is 1.78 bits per heavy atom. The summed E-state index contributed by atoms with van der Waals surface area (Å²) in [4.78, 5) is 12.4. The molecular formula is C20H29NO2. The Morgan fingerprint density at radius 3 is 2.48 bits per heavy atom. The van der Waals surface area contributed by atoms with E-state index in [1.54, 1.807) is 0 Å². The van der Waals surface area contributed by atoms with Crippen molar-refractivity contribution in [2.45, 2.75) is 63.4 Å². The van der Waals surface area contributed by atoms with Gasteiger partial charge in [-0.25, -0.2) is 0 Å². The summed E-state index contributed by atoms with van der Waals surface area (Å²) in [5.41, 5.74) is 1.42. The van der Waals surface area contributed by atoms with Gasteiger partial charge in [0.15, 0.2) is 0 Å². The highest BCUT2D eigenvalue weighted by molar-refractivity contribution is 5.78. The minimum atomic E-state index is -0.160. The summed E-state index contributed by atoms with van der Waals surface area (Å²) in [5, 5.41) is 12.9. The number of hydrogen-bond donors (Lipinski definition) is 2. The van der Waals surface area contributed by atoms with Gasteiger partial charge in [-0.1, -0.05) is 36.8 Å². The van der Waals surface area contributed by atoms with Gasteiger partial charge in [0.05, 0.1) is 6.10 Å². The molecule has 126 valence electrons. The molecule has 0 bridgehead atoms. The number of amides is 1. The van der Waals surface area contributed by atoms with Crippen molar-refractivity contribution in [1.82, 2.24) is 5.32 Å². The van der Waals surface area contributed by atoms with Crippen LogP contribution in [0, 0.1) is 11.8 Å². The van der Waals surface area contributed by atoms with Gasteiger partial charge in [0.25, 0.3) is 0 Å². The van der Waals surface area contributed by atoms with Gasteiger partial charge in [0.2, 0.25) is 5.91 Å². The second-order valence-electron chi connectivity index (χ2n) is 7.39. The maximum atomic E-state index is 12.4. The molecule has 0 heterocycles. The number of benzene rings is 1. The normalized spacial score (nSPS) is 31.5. The smallest absolute Gasteiger partial charge is 0.223 e. The molecule has 0 spiro atoms. The molecule has 2 aliphatic carbocycles. The van der Waals surface area contributed by atoms with Crippen molar-refractivity contribution in [3.05, 3.63) is 35.9 Å². The topological polar surface area (TPSA) is 49.3 Å². The number of rotatable bonds is 4. The average Bonchev–Trinajstić information content (AvgIpc) is 2.61. The number of carbonyl (C=O) groups is 1. The highest BCUT2D eigenvalue weighted by Crippen LogP contribution is 2.35. The predicted molar refractivity (Wildman–Crippen MR) is 92.1 cm³/mol. The molecule has 1 amide bonds. The standard InChI is InChI=1S/C20H29NO2/c22-19-8-4-5-15(13-19)14-21-20(23)18-11-9-17(10-12-18)16-6-2-1-3-7-16/h1-3,6-7,15,17-19,22H,4-5,8-14H2,(H,21,23). The Kier molecular flexibility index (Phi) is 5.71. The van der Waals surface area contributed by atoms with Crippen molar-refractivity contribution in [1.29, 1.82) is 0 Å². The van der Waals surface area contributed by atoms with E-state index < -0.39 is 0 Å². The van der Waals surface area contributed by atoms with Crippen LogP contribution in [0.2, 0.25) is 0 Å². The lowest BCUT2D eigenvalue weighted by Gasteiger charge is -2.30. The molecule has 2 fully saturated rings. The molecule has 3 rings (SSSR count). The summed E-state index contributed by atoms with van der Waals surface area (Å²) in [6.07, 6.45) is 8.06. The van der Waals surface area contributed by atoms with Gasteiger partial charge in [-0.05, 0) is 62.3 Å². The average molecular weight is 315 g/mol. The highest BCUT2D eigenvalue weighted by Gasteiger charge is 2.28. The van der Waals surface area contributed by atoms with Crippen molar-refractivity contribution in [2.75, 3.05) is 6.54 Å². The second-order valence-corrected chi connectivity index (χ2v) is 7.39. The lowest BCUT2D eigenvalue weighted by atomic mass is 9.78. The number of carbonyl (C=O) groups excluding carboxylic acids is 1. The summed E-state index contributed by atoms with van der Waals surface area (Å²) in [6, 6.07) is 10.7. The molecular weight excluding hydrogens is 286 g/mol. The van der Waals surface area contributed by atoms with E-state index in [1.807, 2.05) is 0 Å². The van der Waals surface area contributed by atoms with Crippen LogP contribution >= 0.6 is 0 Å². The summed E-state index contributed by atoms with van der Waals surface area (Å²) in [7, 11) is 0. The van der Waals surface area contributed by atoms with Crippen LogP contribution in [-0.2, 0) is 4.79 Å². The van der Waals surface area contributed by atoms with Crippen molar-refractivity contribution in [2.24, 2.45) is 11.8 Å². The fourth-order valence-corrected chi connectivity index (χ4v) is 4.25. The maximum absolute atomic E-state index is 12.4. The highest BCUT2D eigenvalue weighted by atomic mass is 16.3. The predicted octanol–water partition coefficient (Wildman–Crippen LogP) is 3.63. The largest absolute Gasteiger partial charge is 0.393 e. The van der Waals surface area contributed by atoms with E-state index in [2.05, 4.69) is 35.6 Å². The first-order chi connectivity index (χ1) is 11.2. The van der Waals surface area contributed by atoms with Crippen LogP contribution < -0.4 is 5.32 Å². The van der Waals surface area contributed by atoms with Crippen molar-refractivity contribution in [3.8, 4) is 0 Å². The van der Waals surface area contributed by atoms with Crippen LogP contribution in [0.25, 0.3) is 0 Å². The SMILES string of the molecule is O=C(NCC1CCCC(O)C1)C1CCC(c2ccccc2)CC1. The Labute approximate surface area is 139 Å². The molecule has 0 aromatic heterocycles. The third kappa shape index (κ3) is 4.57. The van der Waals surface area contributed by atoms with Crippen LogP contribution in [-0.4, -0.2) is 23.7 Å². The maximum Gasteiger partial charge on any atom is 0.223 e. The molecule has 2 saturated carbocycles. The van der Waals surface area contributed by atoms with Crippen LogP contribution in [0.4, 0.5) is 0 Å². The molecule has 2 aliphatic rings. The molecule has 2 atom stereocenters. The Bertz CT molecular complexity index is 494. The summed E-state index contributed by atoms with van der Waals surface area (Å²) in [5.74, 6) is 1.50. The van der Waals surface area contributed by atoms with E-state index in [0.717, 1.165) is 57.9 Å². The first kappa shape index (κ1) is 16.5. The lowest BCUT2D eigenvalue weighted by molar-refractivity contribution is -0.126. The van der Waals surface area contributed by atoms with Crippen molar-refractivity contribution < 1.29 is 9.90 Å². The molecule has 2 unspecified atom stereocenters. The third-order valence-electron chi connectivity index (χ3n) is 5.69. The Morgan fingerprint density at radius 1 is 1.04 bits per heavy atom. The minimum absolute atomic E-state index is 0.160.